The highest BCUT2D eigenvalue weighted by atomic mass is 127. The molecule has 0 spiro atoms. The molecule has 0 atom stereocenters. The van der Waals surface area contributed by atoms with Gasteiger partial charge in [-0.15, -0.1) is 34.2 Å². The van der Waals surface area contributed by atoms with Crippen molar-refractivity contribution in [2.75, 3.05) is 19.6 Å². The molecule has 0 aliphatic heterocycles. The van der Waals surface area contributed by atoms with Gasteiger partial charge in [0.05, 0.1) is 6.54 Å². The van der Waals surface area contributed by atoms with Crippen molar-refractivity contribution in [2.24, 2.45) is 4.99 Å². The van der Waals surface area contributed by atoms with Crippen molar-refractivity contribution >= 4 is 29.9 Å². The second-order valence-electron chi connectivity index (χ2n) is 7.77. The Kier molecular flexibility index (Phi) is 9.39. The smallest absolute Gasteiger partial charge is 0.191 e. The number of nitrogens with zero attached hydrogens (tertiary/aromatic N) is 4. The van der Waals surface area contributed by atoms with Crippen LogP contribution in [0.4, 0.5) is 0 Å². The highest BCUT2D eigenvalue weighted by Gasteiger charge is 2.35. The van der Waals surface area contributed by atoms with E-state index in [1.165, 1.54) is 36.8 Å². The third-order valence-corrected chi connectivity index (χ3v) is 5.73. The summed E-state index contributed by atoms with van der Waals surface area (Å²) >= 11 is 0. The first-order valence-corrected chi connectivity index (χ1v) is 10.6. The van der Waals surface area contributed by atoms with E-state index >= 15 is 0 Å². The predicted molar refractivity (Wildman–Crippen MR) is 130 cm³/mol. The Morgan fingerprint density at radius 2 is 2.00 bits per heavy atom. The Bertz CT molecular complexity index is 779. The number of aromatic nitrogens is 3. The van der Waals surface area contributed by atoms with Gasteiger partial charge in [0.2, 0.25) is 0 Å². The zero-order valence-corrected chi connectivity index (χ0v) is 20.3. The zero-order chi connectivity index (χ0) is 19.8. The molecule has 1 fully saturated rings. The summed E-state index contributed by atoms with van der Waals surface area (Å²) in [6.07, 6.45) is 7.73. The van der Waals surface area contributed by atoms with E-state index in [1.54, 1.807) is 6.33 Å². The van der Waals surface area contributed by atoms with Crippen LogP contribution < -0.4 is 10.6 Å². The Morgan fingerprint density at radius 1 is 1.21 bits per heavy atom. The Balaban J connectivity index is 0.00000300. The molecule has 0 bridgehead atoms. The summed E-state index contributed by atoms with van der Waals surface area (Å²) < 4.78 is 2.10. The summed E-state index contributed by atoms with van der Waals surface area (Å²) in [5.41, 5.74) is 2.96. The fourth-order valence-electron chi connectivity index (χ4n) is 4.17. The average molecular weight is 510 g/mol. The van der Waals surface area contributed by atoms with E-state index in [-0.39, 0.29) is 29.4 Å². The largest absolute Gasteiger partial charge is 0.357 e. The van der Waals surface area contributed by atoms with Gasteiger partial charge in [0.15, 0.2) is 5.96 Å². The van der Waals surface area contributed by atoms with Gasteiger partial charge in [-0.2, -0.15) is 0 Å². The van der Waals surface area contributed by atoms with Gasteiger partial charge in [-0.3, -0.25) is 4.99 Å². The first kappa shape index (κ1) is 23.6. The van der Waals surface area contributed by atoms with Gasteiger partial charge in [0, 0.05) is 31.5 Å². The zero-order valence-electron chi connectivity index (χ0n) is 17.9. The molecule has 0 unspecified atom stereocenters. The number of benzene rings is 1. The summed E-state index contributed by atoms with van der Waals surface area (Å²) in [4.78, 5) is 4.99. The lowest BCUT2D eigenvalue weighted by molar-refractivity contribution is 0.452. The predicted octanol–water partition coefficient (Wildman–Crippen LogP) is 3.83. The molecule has 2 aromatic rings. The summed E-state index contributed by atoms with van der Waals surface area (Å²) in [5, 5.41) is 15.0. The molecular formula is C22H35IN6. The molecule has 1 heterocycles. The highest BCUT2D eigenvalue weighted by molar-refractivity contribution is 14.0. The van der Waals surface area contributed by atoms with Gasteiger partial charge >= 0.3 is 0 Å². The van der Waals surface area contributed by atoms with Crippen LogP contribution in [-0.2, 0) is 18.4 Å². The van der Waals surface area contributed by atoms with Crippen molar-refractivity contribution in [1.82, 2.24) is 25.4 Å². The molecule has 1 aromatic carbocycles. The SMILES string of the molecule is CCNC(=NCC1(c2cccc(C)c2)CCCC1)NCCn1cnnc1CC.I. The van der Waals surface area contributed by atoms with Crippen LogP contribution in [0.2, 0.25) is 0 Å². The van der Waals surface area contributed by atoms with Crippen molar-refractivity contribution in [3.63, 3.8) is 0 Å². The lowest BCUT2D eigenvalue weighted by atomic mass is 9.78. The summed E-state index contributed by atoms with van der Waals surface area (Å²) in [7, 11) is 0. The lowest BCUT2D eigenvalue weighted by Crippen LogP contribution is -2.40. The Hall–Kier alpha value is -1.64. The second kappa shape index (κ2) is 11.5. The summed E-state index contributed by atoms with van der Waals surface area (Å²) in [6, 6.07) is 8.99. The third-order valence-electron chi connectivity index (χ3n) is 5.73. The maximum Gasteiger partial charge on any atom is 0.191 e. The molecule has 1 aliphatic rings. The number of hydrogen-bond acceptors (Lipinski definition) is 3. The molecule has 0 amide bonds. The van der Waals surface area contributed by atoms with E-state index < -0.39 is 0 Å². The highest BCUT2D eigenvalue weighted by Crippen LogP contribution is 2.41. The second-order valence-corrected chi connectivity index (χ2v) is 7.77. The molecule has 0 saturated heterocycles. The quantitative estimate of drug-likeness (QED) is 0.322. The molecule has 29 heavy (non-hydrogen) atoms. The van der Waals surface area contributed by atoms with Gasteiger partial charge in [0.25, 0.3) is 0 Å². The van der Waals surface area contributed by atoms with Gasteiger partial charge in [-0.25, -0.2) is 0 Å². The third kappa shape index (κ3) is 6.17. The Labute approximate surface area is 192 Å². The summed E-state index contributed by atoms with van der Waals surface area (Å²) in [6.45, 7) is 9.72. The Morgan fingerprint density at radius 3 is 2.69 bits per heavy atom. The minimum Gasteiger partial charge on any atom is -0.357 e. The van der Waals surface area contributed by atoms with Crippen molar-refractivity contribution in [1.29, 1.82) is 0 Å². The molecule has 1 aromatic heterocycles. The van der Waals surface area contributed by atoms with E-state index in [2.05, 4.69) is 70.4 Å². The standard InChI is InChI=1S/C22H34N6.HI/c1-4-20-27-26-17-28(20)14-13-24-21(23-5-2)25-16-22(11-6-7-12-22)19-10-8-9-18(3)15-19;/h8-10,15,17H,4-7,11-14,16H2,1-3H3,(H2,23,24,25);1H. The van der Waals surface area contributed by atoms with Gasteiger partial charge in [-0.1, -0.05) is 49.6 Å². The average Bonchev–Trinajstić information content (AvgIpc) is 3.36. The van der Waals surface area contributed by atoms with Crippen LogP contribution in [-0.4, -0.2) is 40.4 Å². The molecule has 7 heteroatoms. The monoisotopic (exact) mass is 510 g/mol. The van der Waals surface area contributed by atoms with Crippen LogP contribution in [0.5, 0.6) is 0 Å². The molecule has 1 saturated carbocycles. The van der Waals surface area contributed by atoms with E-state index in [1.807, 2.05) is 0 Å². The van der Waals surface area contributed by atoms with Crippen LogP contribution in [0, 0.1) is 6.92 Å². The fourth-order valence-corrected chi connectivity index (χ4v) is 4.17. The number of nitrogens with one attached hydrogen (secondary N) is 2. The van der Waals surface area contributed by atoms with Gasteiger partial charge in [-0.05, 0) is 32.3 Å². The van der Waals surface area contributed by atoms with Crippen molar-refractivity contribution < 1.29 is 0 Å². The first-order chi connectivity index (χ1) is 13.7. The molecule has 6 nitrogen and oxygen atoms in total. The van der Waals surface area contributed by atoms with E-state index in [4.69, 9.17) is 4.99 Å². The van der Waals surface area contributed by atoms with Crippen molar-refractivity contribution in [2.45, 2.75) is 64.8 Å². The minimum absolute atomic E-state index is 0. The number of aliphatic imine (C=N–C) groups is 1. The van der Waals surface area contributed by atoms with Crippen molar-refractivity contribution in [3.8, 4) is 0 Å². The van der Waals surface area contributed by atoms with Gasteiger partial charge in [0.1, 0.15) is 12.2 Å². The van der Waals surface area contributed by atoms with Gasteiger partial charge < -0.3 is 15.2 Å². The van der Waals surface area contributed by atoms with Crippen molar-refractivity contribution in [3.05, 3.63) is 47.5 Å². The maximum atomic E-state index is 4.99. The number of aryl methyl sites for hydroxylation is 2. The normalized spacial score (nSPS) is 15.8. The number of guanidine groups is 1. The number of rotatable bonds is 8. The molecule has 1 aliphatic carbocycles. The van der Waals surface area contributed by atoms with Crippen LogP contribution in [0.3, 0.4) is 0 Å². The van der Waals surface area contributed by atoms with E-state index in [0.29, 0.717) is 0 Å². The fraction of sp³-hybridized carbons (Fsp3) is 0.591. The molecular weight excluding hydrogens is 475 g/mol. The van der Waals surface area contributed by atoms with Crippen LogP contribution >= 0.6 is 24.0 Å². The summed E-state index contributed by atoms with van der Waals surface area (Å²) in [5.74, 6) is 1.92. The van der Waals surface area contributed by atoms with E-state index in [0.717, 1.165) is 44.4 Å². The number of hydrogen-bond donors (Lipinski definition) is 2. The lowest BCUT2D eigenvalue weighted by Gasteiger charge is -2.28. The topological polar surface area (TPSA) is 67.1 Å². The molecule has 3 rings (SSSR count). The molecule has 2 N–H and O–H groups in total. The molecule has 0 radical (unpaired) electrons. The first-order valence-electron chi connectivity index (χ1n) is 10.6. The maximum absolute atomic E-state index is 4.99. The van der Waals surface area contributed by atoms with Crippen LogP contribution in [0.25, 0.3) is 0 Å². The van der Waals surface area contributed by atoms with E-state index in [9.17, 15) is 0 Å². The van der Waals surface area contributed by atoms with Crippen LogP contribution in [0.1, 0.15) is 56.5 Å². The molecule has 160 valence electrons. The minimum atomic E-state index is 0. The number of halogens is 1. The van der Waals surface area contributed by atoms with Crippen LogP contribution in [0.15, 0.2) is 35.6 Å².